The van der Waals surface area contributed by atoms with E-state index in [0.717, 1.165) is 27.0 Å². The lowest BCUT2D eigenvalue weighted by Crippen LogP contribution is -1.82. The van der Waals surface area contributed by atoms with E-state index in [2.05, 4.69) is 20.9 Å². The maximum Gasteiger partial charge on any atom is 0.142 e. The number of nitrogens with zero attached hydrogens (tertiary/aromatic N) is 1. The molecule has 0 unspecified atom stereocenters. The van der Waals surface area contributed by atoms with Gasteiger partial charge in [0.1, 0.15) is 11.6 Å². The topological polar surface area (TPSA) is 48.9 Å². The molecule has 3 nitrogen and oxygen atoms in total. The zero-order valence-corrected chi connectivity index (χ0v) is 14.9. The normalized spacial score (nSPS) is 10.8. The standard InChI is InChI=1S/C21H15BrN2O/c22-16-11-12-18(25)17(13-16)21-23-19(14-7-3-1-4-8-14)20(24-21)15-9-5-2-6-10-15/h1-13,25H,(H,23,24). The molecule has 1 aromatic heterocycles. The number of nitrogens with one attached hydrogen (secondary N) is 1. The Morgan fingerprint density at radius 2 is 1.44 bits per heavy atom. The van der Waals surface area contributed by atoms with Crippen LogP contribution >= 0.6 is 15.9 Å². The van der Waals surface area contributed by atoms with Crippen molar-refractivity contribution in [3.8, 4) is 39.7 Å². The number of halogens is 1. The summed E-state index contributed by atoms with van der Waals surface area (Å²) in [5, 5.41) is 10.2. The highest BCUT2D eigenvalue weighted by Gasteiger charge is 2.17. The summed E-state index contributed by atoms with van der Waals surface area (Å²) >= 11 is 3.46. The lowest BCUT2D eigenvalue weighted by molar-refractivity contribution is 0.477. The maximum atomic E-state index is 10.2. The smallest absolute Gasteiger partial charge is 0.142 e. The van der Waals surface area contributed by atoms with Gasteiger partial charge in [0.15, 0.2) is 0 Å². The summed E-state index contributed by atoms with van der Waals surface area (Å²) in [6.07, 6.45) is 0. The first-order chi connectivity index (χ1) is 12.2. The summed E-state index contributed by atoms with van der Waals surface area (Å²) in [7, 11) is 0. The van der Waals surface area contributed by atoms with Gasteiger partial charge in [0.25, 0.3) is 0 Å². The third-order valence-corrected chi connectivity index (χ3v) is 4.52. The van der Waals surface area contributed by atoms with E-state index in [-0.39, 0.29) is 5.75 Å². The number of benzene rings is 3. The molecule has 3 aromatic carbocycles. The predicted octanol–water partition coefficient (Wildman–Crippen LogP) is 5.88. The molecule has 0 fully saturated rings. The van der Waals surface area contributed by atoms with Gasteiger partial charge in [-0.3, -0.25) is 0 Å². The van der Waals surface area contributed by atoms with Crippen molar-refractivity contribution in [2.24, 2.45) is 0 Å². The Morgan fingerprint density at radius 1 is 0.800 bits per heavy atom. The van der Waals surface area contributed by atoms with Crippen molar-refractivity contribution in [2.75, 3.05) is 0 Å². The van der Waals surface area contributed by atoms with E-state index in [4.69, 9.17) is 4.98 Å². The molecule has 122 valence electrons. The molecule has 0 amide bonds. The van der Waals surface area contributed by atoms with Crippen molar-refractivity contribution in [1.29, 1.82) is 0 Å². The molecular weight excluding hydrogens is 376 g/mol. The quantitative estimate of drug-likeness (QED) is 0.458. The van der Waals surface area contributed by atoms with Gasteiger partial charge in [0.2, 0.25) is 0 Å². The molecule has 2 N–H and O–H groups in total. The molecule has 4 aromatic rings. The van der Waals surface area contributed by atoms with Crippen LogP contribution in [0.2, 0.25) is 0 Å². The molecule has 0 spiro atoms. The summed E-state index contributed by atoms with van der Waals surface area (Å²) in [4.78, 5) is 8.18. The van der Waals surface area contributed by atoms with Crippen molar-refractivity contribution in [3.63, 3.8) is 0 Å². The van der Waals surface area contributed by atoms with Crippen molar-refractivity contribution in [2.45, 2.75) is 0 Å². The second-order valence-electron chi connectivity index (χ2n) is 5.70. The van der Waals surface area contributed by atoms with Gasteiger partial charge in [-0.15, -0.1) is 0 Å². The Bertz CT molecular complexity index is 954. The fourth-order valence-corrected chi connectivity index (χ4v) is 3.18. The van der Waals surface area contributed by atoms with Gasteiger partial charge in [-0.1, -0.05) is 76.6 Å². The number of aromatic nitrogens is 2. The third kappa shape index (κ3) is 3.08. The predicted molar refractivity (Wildman–Crippen MR) is 104 cm³/mol. The van der Waals surface area contributed by atoms with Crippen LogP contribution in [0.3, 0.4) is 0 Å². The minimum Gasteiger partial charge on any atom is -0.507 e. The minimum absolute atomic E-state index is 0.191. The number of imidazole rings is 1. The van der Waals surface area contributed by atoms with Gasteiger partial charge in [0, 0.05) is 15.6 Å². The van der Waals surface area contributed by atoms with Gasteiger partial charge in [-0.2, -0.15) is 0 Å². The molecule has 0 bridgehead atoms. The van der Waals surface area contributed by atoms with Crippen LogP contribution in [0.5, 0.6) is 5.75 Å². The van der Waals surface area contributed by atoms with E-state index in [1.54, 1.807) is 12.1 Å². The largest absolute Gasteiger partial charge is 0.507 e. The molecular formula is C21H15BrN2O. The van der Waals surface area contributed by atoms with Gasteiger partial charge in [0.05, 0.1) is 17.0 Å². The highest BCUT2D eigenvalue weighted by Crippen LogP contribution is 2.36. The van der Waals surface area contributed by atoms with E-state index < -0.39 is 0 Å². The highest BCUT2D eigenvalue weighted by molar-refractivity contribution is 9.10. The third-order valence-electron chi connectivity index (χ3n) is 4.03. The summed E-state index contributed by atoms with van der Waals surface area (Å²) in [6.45, 7) is 0. The molecule has 4 heteroatoms. The zero-order valence-electron chi connectivity index (χ0n) is 13.3. The number of aromatic amines is 1. The number of H-pyrrole nitrogens is 1. The number of phenolic OH excluding ortho intramolecular Hbond substituents is 1. The van der Waals surface area contributed by atoms with E-state index >= 15 is 0 Å². The zero-order chi connectivity index (χ0) is 17.2. The minimum atomic E-state index is 0.191. The fraction of sp³-hybridized carbons (Fsp3) is 0. The first-order valence-electron chi connectivity index (χ1n) is 7.92. The lowest BCUT2D eigenvalue weighted by Gasteiger charge is -2.02. The van der Waals surface area contributed by atoms with Crippen LogP contribution in [0.4, 0.5) is 0 Å². The molecule has 0 aliphatic heterocycles. The number of hydrogen-bond acceptors (Lipinski definition) is 2. The molecule has 0 saturated heterocycles. The van der Waals surface area contributed by atoms with Crippen LogP contribution in [-0.4, -0.2) is 15.1 Å². The van der Waals surface area contributed by atoms with Gasteiger partial charge >= 0.3 is 0 Å². The van der Waals surface area contributed by atoms with Crippen molar-refractivity contribution < 1.29 is 5.11 Å². The average Bonchev–Trinajstić information content (AvgIpc) is 3.10. The Labute approximate surface area is 154 Å². The fourth-order valence-electron chi connectivity index (χ4n) is 2.82. The van der Waals surface area contributed by atoms with E-state index in [9.17, 15) is 5.11 Å². The summed E-state index contributed by atoms with van der Waals surface area (Å²) in [5.74, 6) is 0.827. The van der Waals surface area contributed by atoms with Crippen molar-refractivity contribution in [1.82, 2.24) is 9.97 Å². The Kier molecular flexibility index (Phi) is 4.12. The molecule has 25 heavy (non-hydrogen) atoms. The lowest BCUT2D eigenvalue weighted by atomic mass is 10.1. The van der Waals surface area contributed by atoms with E-state index in [1.165, 1.54) is 0 Å². The summed E-state index contributed by atoms with van der Waals surface area (Å²) in [6, 6.07) is 25.5. The monoisotopic (exact) mass is 390 g/mol. The molecule has 0 saturated carbocycles. The van der Waals surface area contributed by atoms with E-state index in [0.29, 0.717) is 11.4 Å². The Balaban J connectivity index is 1.94. The van der Waals surface area contributed by atoms with Crippen LogP contribution in [0.1, 0.15) is 0 Å². The average molecular weight is 391 g/mol. The molecule has 4 rings (SSSR count). The summed E-state index contributed by atoms with van der Waals surface area (Å²) < 4.78 is 0.888. The Hall–Kier alpha value is -2.85. The molecule has 0 radical (unpaired) electrons. The molecule has 1 heterocycles. The molecule has 0 atom stereocenters. The maximum absolute atomic E-state index is 10.2. The van der Waals surface area contributed by atoms with Crippen LogP contribution in [0.25, 0.3) is 33.9 Å². The van der Waals surface area contributed by atoms with Crippen molar-refractivity contribution >= 4 is 15.9 Å². The van der Waals surface area contributed by atoms with Crippen LogP contribution in [0.15, 0.2) is 83.3 Å². The SMILES string of the molecule is Oc1ccc(Br)cc1-c1nc(-c2ccccc2)c(-c2ccccc2)[nH]1. The number of aromatic hydroxyl groups is 1. The van der Waals surface area contributed by atoms with Gasteiger partial charge in [-0.25, -0.2) is 4.98 Å². The van der Waals surface area contributed by atoms with Gasteiger partial charge in [-0.05, 0) is 18.2 Å². The van der Waals surface area contributed by atoms with Crippen LogP contribution in [0, 0.1) is 0 Å². The number of hydrogen-bond donors (Lipinski definition) is 2. The summed E-state index contributed by atoms with van der Waals surface area (Å²) in [5.41, 5.74) is 4.53. The first kappa shape index (κ1) is 15.7. The number of phenols is 1. The van der Waals surface area contributed by atoms with E-state index in [1.807, 2.05) is 66.7 Å². The van der Waals surface area contributed by atoms with Crippen LogP contribution in [-0.2, 0) is 0 Å². The second-order valence-corrected chi connectivity index (χ2v) is 6.62. The number of rotatable bonds is 3. The first-order valence-corrected chi connectivity index (χ1v) is 8.71. The molecule has 0 aliphatic rings. The van der Waals surface area contributed by atoms with Crippen LogP contribution < -0.4 is 0 Å². The van der Waals surface area contributed by atoms with Gasteiger partial charge < -0.3 is 10.1 Å². The highest BCUT2D eigenvalue weighted by atomic mass is 79.9. The molecule has 0 aliphatic carbocycles. The second kappa shape index (κ2) is 6.57. The Morgan fingerprint density at radius 3 is 2.12 bits per heavy atom. The van der Waals surface area contributed by atoms with Crippen molar-refractivity contribution in [3.05, 3.63) is 83.3 Å².